The van der Waals surface area contributed by atoms with Crippen molar-refractivity contribution < 1.29 is 27.9 Å². The van der Waals surface area contributed by atoms with Crippen molar-refractivity contribution in [3.63, 3.8) is 0 Å². The number of nitrogens with one attached hydrogen (secondary N) is 1. The number of thiazole rings is 1. The number of hydrogen-bond donors (Lipinski definition) is 2. The van der Waals surface area contributed by atoms with Crippen LogP contribution in [0.25, 0.3) is 0 Å². The van der Waals surface area contributed by atoms with E-state index in [1.807, 2.05) is 9.95 Å². The second kappa shape index (κ2) is 9.12. The molecule has 0 aliphatic carbocycles. The first-order valence-corrected chi connectivity index (χ1v) is 9.88. The van der Waals surface area contributed by atoms with Crippen molar-refractivity contribution in [1.82, 2.24) is 34.2 Å². The summed E-state index contributed by atoms with van der Waals surface area (Å²) in [6.45, 7) is 2.26. The molecule has 0 atom stereocenters. The molecule has 4 rings (SSSR count). The Bertz CT molecular complexity index is 991. The maximum absolute atomic E-state index is 12.3. The van der Waals surface area contributed by atoms with Crippen LogP contribution < -0.4 is 5.32 Å². The first-order chi connectivity index (χ1) is 14.3. The van der Waals surface area contributed by atoms with E-state index in [0.29, 0.717) is 31.9 Å². The lowest BCUT2D eigenvalue weighted by Gasteiger charge is -2.27. The van der Waals surface area contributed by atoms with Crippen LogP contribution >= 0.6 is 22.9 Å². The molecule has 0 spiro atoms. The third kappa shape index (κ3) is 5.26. The summed E-state index contributed by atoms with van der Waals surface area (Å²) in [7, 11) is 0. The van der Waals surface area contributed by atoms with Gasteiger partial charge in [-0.3, -0.25) is 4.79 Å². The van der Waals surface area contributed by atoms with Crippen molar-refractivity contribution in [2.75, 3.05) is 11.9 Å². The van der Waals surface area contributed by atoms with Crippen molar-refractivity contribution in [1.29, 1.82) is 0 Å². The molecule has 1 amide bonds. The van der Waals surface area contributed by atoms with Crippen molar-refractivity contribution in [3.8, 4) is 0 Å². The molecule has 0 aromatic carbocycles. The number of halogens is 3. The lowest BCUT2D eigenvalue weighted by molar-refractivity contribution is -0.192. The van der Waals surface area contributed by atoms with E-state index < -0.39 is 12.1 Å². The molecule has 0 saturated carbocycles. The zero-order valence-electron chi connectivity index (χ0n) is 14.9. The number of rotatable bonds is 4. The standard InChI is InChI=1S/C12H12N8OS2.C2HF3O2/c21-11(8-7-23-18-15-8)19-2-3-20-9(16-17-10(20)6-19)5-14-12-13-1-4-22-12;3-2(4,5)1(6)7/h1,4,7H,2-3,5-6H2,(H,13,14);(H,6,7). The monoisotopic (exact) mass is 462 g/mol. The zero-order chi connectivity index (χ0) is 21.7. The van der Waals surface area contributed by atoms with Gasteiger partial charge < -0.3 is 19.9 Å². The average Bonchev–Trinajstić information content (AvgIpc) is 3.46. The lowest BCUT2D eigenvalue weighted by atomic mass is 10.3. The molecular weight excluding hydrogens is 449 g/mol. The third-order valence-electron chi connectivity index (χ3n) is 3.77. The highest BCUT2D eigenvalue weighted by Crippen LogP contribution is 2.17. The van der Waals surface area contributed by atoms with Gasteiger partial charge in [0, 0.05) is 30.0 Å². The van der Waals surface area contributed by atoms with E-state index >= 15 is 0 Å². The van der Waals surface area contributed by atoms with E-state index in [0.717, 1.165) is 16.8 Å². The molecule has 1 aliphatic rings. The van der Waals surface area contributed by atoms with Crippen LogP contribution in [0.3, 0.4) is 0 Å². The number of nitrogens with zero attached hydrogens (tertiary/aromatic N) is 7. The molecular formula is C14H13F3N8O3S2. The van der Waals surface area contributed by atoms with Gasteiger partial charge in [0.25, 0.3) is 5.91 Å². The summed E-state index contributed by atoms with van der Waals surface area (Å²) in [5.41, 5.74) is 0.383. The number of carbonyl (C=O) groups is 2. The van der Waals surface area contributed by atoms with Crippen molar-refractivity contribution in [3.05, 3.63) is 34.3 Å². The van der Waals surface area contributed by atoms with Crippen LogP contribution in [-0.4, -0.2) is 63.9 Å². The van der Waals surface area contributed by atoms with Crippen LogP contribution in [0.4, 0.5) is 18.3 Å². The number of fused-ring (bicyclic) bond motifs is 1. The third-order valence-corrected chi connectivity index (χ3v) is 5.00. The number of carboxylic acid groups (broad SMARTS) is 1. The number of aromatic nitrogens is 6. The number of aliphatic carboxylic acids is 1. The molecule has 3 aromatic heterocycles. The van der Waals surface area contributed by atoms with E-state index in [4.69, 9.17) is 9.90 Å². The van der Waals surface area contributed by atoms with Crippen molar-refractivity contribution in [2.24, 2.45) is 0 Å². The lowest BCUT2D eigenvalue weighted by Crippen LogP contribution is -2.39. The molecule has 160 valence electrons. The van der Waals surface area contributed by atoms with Gasteiger partial charge in [0.15, 0.2) is 22.5 Å². The van der Waals surface area contributed by atoms with Crippen molar-refractivity contribution in [2.45, 2.75) is 25.8 Å². The fraction of sp³-hybridized carbons (Fsp3) is 0.357. The van der Waals surface area contributed by atoms with Gasteiger partial charge in [0.05, 0.1) is 13.1 Å². The van der Waals surface area contributed by atoms with Gasteiger partial charge >= 0.3 is 12.1 Å². The molecule has 0 saturated heterocycles. The molecule has 1 aliphatic heterocycles. The first-order valence-electron chi connectivity index (χ1n) is 8.16. The maximum atomic E-state index is 12.3. The number of carbonyl (C=O) groups excluding carboxylic acids is 1. The topological polar surface area (TPSA) is 139 Å². The number of carboxylic acids is 1. The summed E-state index contributed by atoms with van der Waals surface area (Å²) in [5, 5.41) is 27.0. The normalized spacial score (nSPS) is 13.2. The number of anilines is 1. The smallest absolute Gasteiger partial charge is 0.475 e. The first kappa shape index (κ1) is 21.6. The van der Waals surface area contributed by atoms with Crippen LogP contribution in [0.1, 0.15) is 22.1 Å². The fourth-order valence-electron chi connectivity index (χ4n) is 2.41. The van der Waals surface area contributed by atoms with Gasteiger partial charge in [-0.2, -0.15) is 13.2 Å². The highest BCUT2D eigenvalue weighted by Gasteiger charge is 2.38. The van der Waals surface area contributed by atoms with Crippen LogP contribution in [0, 0.1) is 0 Å². The molecule has 3 aromatic rings. The largest absolute Gasteiger partial charge is 0.490 e. The van der Waals surface area contributed by atoms with Gasteiger partial charge in [-0.25, -0.2) is 9.78 Å². The molecule has 0 bridgehead atoms. The second-order valence-electron chi connectivity index (χ2n) is 5.69. The molecule has 2 N–H and O–H groups in total. The Labute approximate surface area is 174 Å². The van der Waals surface area contributed by atoms with E-state index in [9.17, 15) is 18.0 Å². The van der Waals surface area contributed by atoms with Gasteiger partial charge in [0.1, 0.15) is 0 Å². The molecule has 0 fully saturated rings. The second-order valence-corrected chi connectivity index (χ2v) is 7.20. The van der Waals surface area contributed by atoms with E-state index in [1.54, 1.807) is 27.8 Å². The van der Waals surface area contributed by atoms with Crippen molar-refractivity contribution >= 4 is 39.9 Å². The van der Waals surface area contributed by atoms with E-state index in [2.05, 4.69) is 30.1 Å². The number of hydrogen-bond acceptors (Lipinski definition) is 10. The summed E-state index contributed by atoms with van der Waals surface area (Å²) in [6, 6.07) is 0. The van der Waals surface area contributed by atoms with Crippen LogP contribution in [0.5, 0.6) is 0 Å². The van der Waals surface area contributed by atoms with E-state index in [1.165, 1.54) is 11.5 Å². The number of alkyl halides is 3. The highest BCUT2D eigenvalue weighted by molar-refractivity contribution is 7.13. The fourth-order valence-corrected chi connectivity index (χ4v) is 3.37. The zero-order valence-corrected chi connectivity index (χ0v) is 16.5. The highest BCUT2D eigenvalue weighted by atomic mass is 32.1. The Hall–Kier alpha value is -3.14. The summed E-state index contributed by atoms with van der Waals surface area (Å²) >= 11 is 2.71. The van der Waals surface area contributed by atoms with Gasteiger partial charge in [-0.15, -0.1) is 26.6 Å². The maximum Gasteiger partial charge on any atom is 0.490 e. The average molecular weight is 462 g/mol. The minimum Gasteiger partial charge on any atom is -0.475 e. The van der Waals surface area contributed by atoms with Gasteiger partial charge in [0.2, 0.25) is 0 Å². The van der Waals surface area contributed by atoms with Gasteiger partial charge in [-0.1, -0.05) is 4.49 Å². The van der Waals surface area contributed by atoms with Crippen LogP contribution in [-0.2, 0) is 24.4 Å². The molecule has 0 unspecified atom stereocenters. The quantitative estimate of drug-likeness (QED) is 0.590. The minimum atomic E-state index is -5.08. The molecule has 30 heavy (non-hydrogen) atoms. The Morgan fingerprint density at radius 2 is 2.00 bits per heavy atom. The molecule has 0 radical (unpaired) electrons. The Morgan fingerprint density at radius 3 is 2.60 bits per heavy atom. The Kier molecular flexibility index (Phi) is 6.56. The molecule has 16 heteroatoms. The predicted molar refractivity (Wildman–Crippen MR) is 97.8 cm³/mol. The Morgan fingerprint density at radius 1 is 1.23 bits per heavy atom. The summed E-state index contributed by atoms with van der Waals surface area (Å²) < 4.78 is 37.5. The summed E-state index contributed by atoms with van der Waals surface area (Å²) in [6.07, 6.45) is -3.33. The molecule has 4 heterocycles. The number of amides is 1. The summed E-state index contributed by atoms with van der Waals surface area (Å²) in [5.74, 6) is -1.25. The minimum absolute atomic E-state index is 0.115. The summed E-state index contributed by atoms with van der Waals surface area (Å²) in [4.78, 5) is 27.1. The van der Waals surface area contributed by atoms with Crippen LogP contribution in [0.2, 0.25) is 0 Å². The van der Waals surface area contributed by atoms with Gasteiger partial charge in [-0.05, 0) is 11.5 Å². The SMILES string of the molecule is O=C(O)C(F)(F)F.O=C(c1csnn1)N1CCn2c(CNc3nccs3)nnc2C1. The Balaban J connectivity index is 0.000000318. The van der Waals surface area contributed by atoms with Crippen LogP contribution in [0.15, 0.2) is 17.0 Å². The predicted octanol–water partition coefficient (Wildman–Crippen LogP) is 1.49. The molecule has 11 nitrogen and oxygen atoms in total. The van der Waals surface area contributed by atoms with E-state index in [-0.39, 0.29) is 5.91 Å².